The van der Waals surface area contributed by atoms with E-state index in [0.29, 0.717) is 16.7 Å². The number of aromatic nitrogens is 2. The summed E-state index contributed by atoms with van der Waals surface area (Å²) in [6.45, 7) is 0.465. The number of pyridine rings is 1. The van der Waals surface area contributed by atoms with Gasteiger partial charge in [-0.1, -0.05) is 24.3 Å². The maximum absolute atomic E-state index is 13.3. The minimum absolute atomic E-state index is 0.232. The van der Waals surface area contributed by atoms with Gasteiger partial charge in [0.2, 0.25) is 10.0 Å². The second-order valence-corrected chi connectivity index (χ2v) is 10.0. The molecule has 2 aromatic carbocycles. The van der Waals surface area contributed by atoms with Crippen molar-refractivity contribution in [1.29, 1.82) is 0 Å². The zero-order valence-electron chi connectivity index (χ0n) is 17.7. The number of hydrogen-bond acceptors (Lipinski definition) is 5. The Morgan fingerprint density at radius 3 is 2.59 bits per heavy atom. The van der Waals surface area contributed by atoms with E-state index in [0.717, 1.165) is 16.5 Å². The highest BCUT2D eigenvalue weighted by molar-refractivity contribution is 7.89. The largest absolute Gasteiger partial charge is 0.377 e. The molecule has 0 spiro atoms. The van der Waals surface area contributed by atoms with Gasteiger partial charge in [-0.15, -0.1) is 0 Å². The zero-order valence-corrected chi connectivity index (χ0v) is 18.6. The molecule has 0 atom stereocenters. The molecule has 2 N–H and O–H groups in total. The number of fused-ring (bicyclic) bond motifs is 2. The number of carbonyl (C=O) groups excluding carboxylic acids is 1. The van der Waals surface area contributed by atoms with Crippen molar-refractivity contribution in [3.05, 3.63) is 66.5 Å². The van der Waals surface area contributed by atoms with E-state index >= 15 is 0 Å². The number of sulfonamides is 1. The van der Waals surface area contributed by atoms with Gasteiger partial charge < -0.3 is 15.2 Å². The molecule has 32 heavy (non-hydrogen) atoms. The van der Waals surface area contributed by atoms with Crippen molar-refractivity contribution in [3.8, 4) is 0 Å². The summed E-state index contributed by atoms with van der Waals surface area (Å²) in [5, 5.41) is 5.33. The third-order valence-corrected chi connectivity index (χ3v) is 7.67. The van der Waals surface area contributed by atoms with Crippen molar-refractivity contribution >= 4 is 43.4 Å². The molecule has 8 nitrogen and oxygen atoms in total. The standard InChI is InChI=1S/C23H23N5O3S/c1-27(2)20-9-3-8-18-17(20)7-4-10-21(18)32(30,31)28-13-16(14-28)25-23(29)19-12-15-6-5-11-24-22(15)26-19/h3-12,16H,13-14H2,1-2H3,(H,24,26)(H,25,29). The fourth-order valence-electron chi connectivity index (χ4n) is 4.09. The van der Waals surface area contributed by atoms with Crippen molar-refractivity contribution in [3.63, 3.8) is 0 Å². The number of amides is 1. The van der Waals surface area contributed by atoms with Gasteiger partial charge in [0.1, 0.15) is 11.3 Å². The number of hydrogen-bond donors (Lipinski definition) is 2. The molecule has 1 amide bonds. The summed E-state index contributed by atoms with van der Waals surface area (Å²) < 4.78 is 28.0. The number of H-pyrrole nitrogens is 1. The molecule has 3 heterocycles. The third-order valence-electron chi connectivity index (χ3n) is 5.78. The first kappa shape index (κ1) is 20.5. The number of aromatic amines is 1. The number of anilines is 1. The number of rotatable bonds is 5. The molecule has 0 aliphatic carbocycles. The molecule has 4 aromatic rings. The molecule has 9 heteroatoms. The summed E-state index contributed by atoms with van der Waals surface area (Å²) in [6, 6.07) is 16.2. The average Bonchev–Trinajstić information content (AvgIpc) is 3.19. The summed E-state index contributed by atoms with van der Waals surface area (Å²) in [4.78, 5) is 22.0. The smallest absolute Gasteiger partial charge is 0.268 e. The Morgan fingerprint density at radius 1 is 1.09 bits per heavy atom. The minimum atomic E-state index is -3.68. The monoisotopic (exact) mass is 449 g/mol. The van der Waals surface area contributed by atoms with Gasteiger partial charge in [-0.05, 0) is 30.3 Å². The Balaban J connectivity index is 1.33. The molecule has 0 bridgehead atoms. The Hall–Kier alpha value is -3.43. The van der Waals surface area contributed by atoms with Gasteiger partial charge in [0.15, 0.2) is 0 Å². The van der Waals surface area contributed by atoms with Crippen LogP contribution in [0.3, 0.4) is 0 Å². The highest BCUT2D eigenvalue weighted by Gasteiger charge is 2.38. The molecule has 1 fully saturated rings. The maximum Gasteiger partial charge on any atom is 0.268 e. The van der Waals surface area contributed by atoms with Crippen molar-refractivity contribution in [2.45, 2.75) is 10.9 Å². The Morgan fingerprint density at radius 2 is 1.84 bits per heavy atom. The molecule has 0 unspecified atom stereocenters. The van der Waals surface area contributed by atoms with Crippen LogP contribution >= 0.6 is 0 Å². The predicted octanol–water partition coefficient (Wildman–Crippen LogP) is 2.59. The topological polar surface area (TPSA) is 98.4 Å². The number of nitrogens with one attached hydrogen (secondary N) is 2. The molecule has 1 saturated heterocycles. The van der Waals surface area contributed by atoms with Gasteiger partial charge in [0, 0.05) is 55.2 Å². The van der Waals surface area contributed by atoms with E-state index in [2.05, 4.69) is 15.3 Å². The van der Waals surface area contributed by atoms with E-state index in [1.54, 1.807) is 30.5 Å². The lowest BCUT2D eigenvalue weighted by molar-refractivity contribution is 0.0891. The quantitative estimate of drug-likeness (QED) is 0.488. The van der Waals surface area contributed by atoms with Crippen molar-refractivity contribution in [2.24, 2.45) is 0 Å². The second-order valence-electron chi connectivity index (χ2n) is 8.14. The first-order chi connectivity index (χ1) is 15.3. The van der Waals surface area contributed by atoms with Gasteiger partial charge in [-0.3, -0.25) is 4.79 Å². The fourth-order valence-corrected chi connectivity index (χ4v) is 5.82. The Labute approximate surface area is 185 Å². The number of nitrogens with zero attached hydrogens (tertiary/aromatic N) is 3. The summed E-state index contributed by atoms with van der Waals surface area (Å²) in [5.74, 6) is -0.272. The van der Waals surface area contributed by atoms with Crippen LogP contribution in [0.1, 0.15) is 10.5 Å². The highest BCUT2D eigenvalue weighted by atomic mass is 32.2. The third kappa shape index (κ3) is 3.39. The van der Waals surface area contributed by atoms with Crippen LogP contribution < -0.4 is 10.2 Å². The van der Waals surface area contributed by atoms with Crippen LogP contribution in [0.5, 0.6) is 0 Å². The maximum atomic E-state index is 13.3. The van der Waals surface area contributed by atoms with Crippen molar-refractivity contribution in [2.75, 3.05) is 32.1 Å². The van der Waals surface area contributed by atoms with Crippen LogP contribution in [0.4, 0.5) is 5.69 Å². The van der Waals surface area contributed by atoms with Crippen LogP contribution in [0, 0.1) is 0 Å². The minimum Gasteiger partial charge on any atom is -0.377 e. The molecule has 1 aliphatic heterocycles. The van der Waals surface area contributed by atoms with Crippen molar-refractivity contribution in [1.82, 2.24) is 19.6 Å². The molecule has 164 valence electrons. The molecular weight excluding hydrogens is 426 g/mol. The predicted molar refractivity (Wildman–Crippen MR) is 124 cm³/mol. The Bertz CT molecular complexity index is 1410. The normalized spacial score (nSPS) is 15.1. The number of benzene rings is 2. The lowest BCUT2D eigenvalue weighted by Crippen LogP contribution is -2.60. The molecule has 1 aliphatic rings. The lowest BCUT2D eigenvalue weighted by atomic mass is 10.1. The first-order valence-electron chi connectivity index (χ1n) is 10.3. The average molecular weight is 450 g/mol. The van der Waals surface area contributed by atoms with Gasteiger partial charge >= 0.3 is 0 Å². The van der Waals surface area contributed by atoms with E-state index in [-0.39, 0.29) is 29.9 Å². The highest BCUT2D eigenvalue weighted by Crippen LogP contribution is 2.32. The Kier molecular flexibility index (Phi) is 4.87. The van der Waals surface area contributed by atoms with Crippen molar-refractivity contribution < 1.29 is 13.2 Å². The number of carbonyl (C=O) groups is 1. The molecule has 2 aromatic heterocycles. The summed E-state index contributed by atoms with van der Waals surface area (Å²) >= 11 is 0. The van der Waals surface area contributed by atoms with Crippen LogP contribution in [0.25, 0.3) is 21.8 Å². The van der Waals surface area contributed by atoms with Gasteiger partial charge in [0.05, 0.1) is 10.9 Å². The zero-order chi connectivity index (χ0) is 22.5. The molecule has 5 rings (SSSR count). The van der Waals surface area contributed by atoms with Crippen LogP contribution in [-0.2, 0) is 10.0 Å². The fraction of sp³-hybridized carbons (Fsp3) is 0.217. The summed E-state index contributed by atoms with van der Waals surface area (Å²) in [7, 11) is 0.185. The van der Waals surface area contributed by atoms with Crippen LogP contribution in [-0.4, -0.2) is 61.8 Å². The van der Waals surface area contributed by atoms with E-state index in [1.807, 2.05) is 49.3 Å². The van der Waals surface area contributed by atoms with Crippen LogP contribution in [0.15, 0.2) is 65.7 Å². The molecular formula is C23H23N5O3S. The summed E-state index contributed by atoms with van der Waals surface area (Å²) in [6.07, 6.45) is 1.66. The SMILES string of the molecule is CN(C)c1cccc2c(S(=O)(=O)N3CC(NC(=O)c4cc5cccnc5[nH]4)C3)cccc12. The van der Waals surface area contributed by atoms with Gasteiger partial charge in [-0.25, -0.2) is 13.4 Å². The van der Waals surface area contributed by atoms with E-state index in [9.17, 15) is 13.2 Å². The summed E-state index contributed by atoms with van der Waals surface area (Å²) in [5.41, 5.74) is 2.01. The lowest BCUT2D eigenvalue weighted by Gasteiger charge is -2.38. The van der Waals surface area contributed by atoms with Crippen LogP contribution in [0.2, 0.25) is 0 Å². The molecule has 0 saturated carbocycles. The van der Waals surface area contributed by atoms with Gasteiger partial charge in [0.25, 0.3) is 5.91 Å². The second kappa shape index (κ2) is 7.61. The van der Waals surface area contributed by atoms with Gasteiger partial charge in [-0.2, -0.15) is 4.31 Å². The van der Waals surface area contributed by atoms with E-state index < -0.39 is 10.0 Å². The van der Waals surface area contributed by atoms with E-state index in [1.165, 1.54) is 4.31 Å². The molecule has 0 radical (unpaired) electrons. The first-order valence-corrected chi connectivity index (χ1v) is 11.7. The van der Waals surface area contributed by atoms with E-state index in [4.69, 9.17) is 0 Å².